The zero-order valence-corrected chi connectivity index (χ0v) is 20.4. The van der Waals surface area contributed by atoms with Crippen LogP contribution in [0.4, 0.5) is 5.69 Å². The zero-order valence-electron chi connectivity index (χ0n) is 19.6. The maximum absolute atomic E-state index is 11.6. The van der Waals surface area contributed by atoms with Gasteiger partial charge in [-0.25, -0.2) is 9.98 Å². The van der Waals surface area contributed by atoms with Gasteiger partial charge in [-0.1, -0.05) is 72.8 Å². The summed E-state index contributed by atoms with van der Waals surface area (Å²) in [5, 5.41) is 14.7. The third kappa shape index (κ3) is 3.61. The van der Waals surface area contributed by atoms with Crippen LogP contribution in [-0.2, 0) is 0 Å². The van der Waals surface area contributed by atoms with Gasteiger partial charge in [-0.3, -0.25) is 10.1 Å². The van der Waals surface area contributed by atoms with E-state index < -0.39 is 0 Å². The minimum atomic E-state index is -0.331. The van der Waals surface area contributed by atoms with Crippen LogP contribution >= 0.6 is 11.3 Å². The summed E-state index contributed by atoms with van der Waals surface area (Å²) in [4.78, 5) is 21.2. The highest BCUT2D eigenvalue weighted by molar-refractivity contribution is 7.21. The number of nitro benzene ring substituents is 1. The Hall–Kier alpha value is -4.68. The Labute approximate surface area is 216 Å². The molecule has 7 rings (SSSR count). The molecule has 0 atom stereocenters. The first-order valence-electron chi connectivity index (χ1n) is 12.0. The van der Waals surface area contributed by atoms with Gasteiger partial charge < -0.3 is 0 Å². The van der Waals surface area contributed by atoms with Crippen LogP contribution < -0.4 is 10.6 Å². The molecular weight excluding hydrogens is 478 g/mol. The molecular formula is C31H19N3O2S. The van der Waals surface area contributed by atoms with Crippen molar-refractivity contribution >= 4 is 38.4 Å². The Kier molecular flexibility index (Phi) is 4.94. The molecule has 2 heterocycles. The molecule has 0 N–H and O–H groups in total. The van der Waals surface area contributed by atoms with Crippen molar-refractivity contribution in [3.8, 4) is 21.7 Å². The third-order valence-corrected chi connectivity index (χ3v) is 7.88. The summed E-state index contributed by atoms with van der Waals surface area (Å²) in [7, 11) is 0. The van der Waals surface area contributed by atoms with E-state index in [9.17, 15) is 10.1 Å². The Balaban J connectivity index is 1.36. The average molecular weight is 498 g/mol. The van der Waals surface area contributed by atoms with Gasteiger partial charge >= 0.3 is 0 Å². The molecule has 1 aliphatic carbocycles. The summed E-state index contributed by atoms with van der Waals surface area (Å²) in [6.45, 7) is 0. The van der Waals surface area contributed by atoms with E-state index in [1.807, 2.05) is 48.5 Å². The van der Waals surface area contributed by atoms with E-state index in [0.29, 0.717) is 5.56 Å². The van der Waals surface area contributed by atoms with Crippen LogP contribution in [-0.4, -0.2) is 9.91 Å². The number of fused-ring (bicyclic) bond motifs is 3. The summed E-state index contributed by atoms with van der Waals surface area (Å²) in [5.41, 5.74) is 7.79. The fourth-order valence-electron chi connectivity index (χ4n) is 5.08. The molecule has 0 unspecified atom stereocenters. The van der Waals surface area contributed by atoms with Crippen LogP contribution in [0.5, 0.6) is 0 Å². The maximum Gasteiger partial charge on any atom is 0.277 e. The molecule has 176 valence electrons. The van der Waals surface area contributed by atoms with Gasteiger partial charge in [-0.05, 0) is 47.4 Å². The van der Waals surface area contributed by atoms with Gasteiger partial charge in [-0.15, -0.1) is 11.3 Å². The van der Waals surface area contributed by atoms with Crippen molar-refractivity contribution in [3.63, 3.8) is 0 Å². The summed E-state index contributed by atoms with van der Waals surface area (Å²) in [6.07, 6.45) is 5.10. The quantitative estimate of drug-likeness (QED) is 0.205. The van der Waals surface area contributed by atoms with E-state index in [-0.39, 0.29) is 10.6 Å². The SMILES string of the molecule is O=[N+]([O-])c1ccccc1-c1cccc(C2=C3N=c4cc5nc(-c6ccccc6)sc5cc4=C3CC=C2)c1. The van der Waals surface area contributed by atoms with Gasteiger partial charge in [0.25, 0.3) is 5.69 Å². The van der Waals surface area contributed by atoms with Crippen molar-refractivity contribution in [3.05, 3.63) is 135 Å². The molecule has 0 saturated heterocycles. The number of benzene rings is 4. The molecule has 0 bridgehead atoms. The molecule has 5 nitrogen and oxygen atoms in total. The number of nitro groups is 1. The number of thiazole rings is 1. The molecule has 6 heteroatoms. The largest absolute Gasteiger partial charge is 0.277 e. The standard InChI is InChI=1S/C31H19N3O2S/c35-34(36)28-15-5-4-12-22(28)20-10-6-11-21(16-20)23-13-7-14-24-25-17-29-27(18-26(25)32-30(23)24)33-31(37-29)19-8-2-1-3-9-19/h1-13,15-18H,14H2. The molecule has 4 aromatic carbocycles. The molecule has 1 aromatic heterocycles. The number of aromatic nitrogens is 1. The second-order valence-electron chi connectivity index (χ2n) is 9.04. The smallest absolute Gasteiger partial charge is 0.258 e. The molecule has 37 heavy (non-hydrogen) atoms. The van der Waals surface area contributed by atoms with Crippen molar-refractivity contribution in [2.45, 2.75) is 6.42 Å². The van der Waals surface area contributed by atoms with E-state index >= 15 is 0 Å². The number of allylic oxidation sites excluding steroid dienone is 4. The van der Waals surface area contributed by atoms with Crippen LogP contribution in [0.25, 0.3) is 43.1 Å². The molecule has 0 fully saturated rings. The van der Waals surface area contributed by atoms with Crippen molar-refractivity contribution in [1.29, 1.82) is 0 Å². The fraction of sp³-hybridized carbons (Fsp3) is 0.0323. The summed E-state index contributed by atoms with van der Waals surface area (Å²) in [5.74, 6) is 0. The number of rotatable bonds is 4. The van der Waals surface area contributed by atoms with Crippen LogP contribution in [0.3, 0.4) is 0 Å². The van der Waals surface area contributed by atoms with Crippen LogP contribution in [0.1, 0.15) is 12.0 Å². The molecule has 0 saturated carbocycles. The van der Waals surface area contributed by atoms with Gasteiger partial charge in [0.15, 0.2) is 0 Å². The highest BCUT2D eigenvalue weighted by Crippen LogP contribution is 2.37. The number of hydrogen-bond donors (Lipinski definition) is 0. The van der Waals surface area contributed by atoms with Gasteiger partial charge in [0.05, 0.1) is 31.8 Å². The molecule has 0 radical (unpaired) electrons. The van der Waals surface area contributed by atoms with Crippen LogP contribution in [0.2, 0.25) is 0 Å². The monoisotopic (exact) mass is 497 g/mol. The lowest BCUT2D eigenvalue weighted by Crippen LogP contribution is -2.22. The van der Waals surface area contributed by atoms with E-state index in [4.69, 9.17) is 9.98 Å². The first kappa shape index (κ1) is 21.6. The zero-order chi connectivity index (χ0) is 24.9. The molecule has 2 aliphatic rings. The predicted molar refractivity (Wildman–Crippen MR) is 148 cm³/mol. The van der Waals surface area contributed by atoms with Crippen LogP contribution in [0.15, 0.2) is 114 Å². The summed E-state index contributed by atoms with van der Waals surface area (Å²) in [6, 6.07) is 29.3. The molecule has 1 aliphatic heterocycles. The fourth-order valence-corrected chi connectivity index (χ4v) is 6.08. The number of hydrogen-bond acceptors (Lipinski definition) is 5. The minimum absolute atomic E-state index is 0.101. The van der Waals surface area contributed by atoms with Crippen molar-refractivity contribution < 1.29 is 4.92 Å². The molecule has 5 aromatic rings. The average Bonchev–Trinajstić information content (AvgIpc) is 3.53. The number of para-hydroxylation sites is 1. The maximum atomic E-state index is 11.6. The lowest BCUT2D eigenvalue weighted by Gasteiger charge is -2.14. The van der Waals surface area contributed by atoms with E-state index in [1.165, 1.54) is 5.57 Å². The van der Waals surface area contributed by atoms with Crippen molar-refractivity contribution in [2.75, 3.05) is 0 Å². The van der Waals surface area contributed by atoms with Gasteiger partial charge in [0.2, 0.25) is 0 Å². The van der Waals surface area contributed by atoms with E-state index in [0.717, 1.165) is 60.2 Å². The summed E-state index contributed by atoms with van der Waals surface area (Å²) < 4.78 is 1.15. The molecule has 0 amide bonds. The van der Waals surface area contributed by atoms with E-state index in [2.05, 4.69) is 36.4 Å². The highest BCUT2D eigenvalue weighted by Gasteiger charge is 2.22. The Morgan fingerprint density at radius 2 is 1.62 bits per heavy atom. The Morgan fingerprint density at radius 3 is 2.49 bits per heavy atom. The second kappa shape index (κ2) is 8.47. The first-order chi connectivity index (χ1) is 18.2. The lowest BCUT2D eigenvalue weighted by molar-refractivity contribution is -0.384. The highest BCUT2D eigenvalue weighted by atomic mass is 32.1. The Bertz CT molecular complexity index is 1930. The third-order valence-electron chi connectivity index (χ3n) is 6.82. The van der Waals surface area contributed by atoms with Crippen molar-refractivity contribution in [2.24, 2.45) is 4.99 Å². The number of nitrogens with zero attached hydrogens (tertiary/aromatic N) is 3. The topological polar surface area (TPSA) is 68.4 Å². The second-order valence-corrected chi connectivity index (χ2v) is 10.1. The van der Waals surface area contributed by atoms with Gasteiger partial charge in [0, 0.05) is 22.4 Å². The van der Waals surface area contributed by atoms with Gasteiger partial charge in [-0.2, -0.15) is 0 Å². The predicted octanol–water partition coefficient (Wildman–Crippen LogP) is 6.69. The Morgan fingerprint density at radius 1 is 0.838 bits per heavy atom. The summed E-state index contributed by atoms with van der Waals surface area (Å²) >= 11 is 1.70. The normalized spacial score (nSPS) is 14.0. The van der Waals surface area contributed by atoms with Crippen LogP contribution in [0, 0.1) is 10.1 Å². The first-order valence-corrected chi connectivity index (χ1v) is 12.8. The van der Waals surface area contributed by atoms with Gasteiger partial charge in [0.1, 0.15) is 5.01 Å². The van der Waals surface area contributed by atoms with E-state index in [1.54, 1.807) is 29.5 Å². The minimum Gasteiger partial charge on any atom is -0.258 e. The molecule has 0 spiro atoms. The van der Waals surface area contributed by atoms with Crippen molar-refractivity contribution in [1.82, 2.24) is 4.98 Å². The lowest BCUT2D eigenvalue weighted by atomic mass is 9.91.